The molecule has 1 atom stereocenters. The summed E-state index contributed by atoms with van der Waals surface area (Å²) in [4.78, 5) is 14.5. The number of nitrogens with zero attached hydrogens (tertiary/aromatic N) is 2. The van der Waals surface area contributed by atoms with Crippen LogP contribution in [0.25, 0.3) is 0 Å². The van der Waals surface area contributed by atoms with Crippen LogP contribution in [0, 0.1) is 11.3 Å². The van der Waals surface area contributed by atoms with Gasteiger partial charge < -0.3 is 14.8 Å². The topological polar surface area (TPSA) is 74.6 Å². The van der Waals surface area contributed by atoms with E-state index in [0.29, 0.717) is 36.0 Å². The number of hydrogen-bond donors (Lipinski definition) is 1. The summed E-state index contributed by atoms with van der Waals surface area (Å²) >= 11 is 6.01. The number of carbonyl (C=O) groups excluding carboxylic acids is 1. The highest BCUT2D eigenvalue weighted by Crippen LogP contribution is 2.31. The van der Waals surface area contributed by atoms with Crippen LogP contribution in [0.3, 0.4) is 0 Å². The van der Waals surface area contributed by atoms with E-state index >= 15 is 0 Å². The first-order valence-corrected chi connectivity index (χ1v) is 8.95. The summed E-state index contributed by atoms with van der Waals surface area (Å²) in [6.07, 6.45) is 0. The lowest BCUT2D eigenvalue weighted by atomic mass is 10.1. The SMILES string of the molecule is C[C@@H](C(=O)Nc1ccc(C#N)c(Cl)c1)N(C)Cc1ccc2c(c1)OCCO2. The summed E-state index contributed by atoms with van der Waals surface area (Å²) in [5, 5.41) is 12.1. The second-order valence-electron chi connectivity index (χ2n) is 6.36. The molecule has 6 nitrogen and oxygen atoms in total. The minimum atomic E-state index is -0.368. The summed E-state index contributed by atoms with van der Waals surface area (Å²) < 4.78 is 11.1. The van der Waals surface area contributed by atoms with E-state index in [-0.39, 0.29) is 11.9 Å². The number of hydrogen-bond acceptors (Lipinski definition) is 5. The van der Waals surface area contributed by atoms with Gasteiger partial charge in [0.05, 0.1) is 16.6 Å². The molecule has 1 amide bonds. The fourth-order valence-electron chi connectivity index (χ4n) is 2.74. The molecular weight excluding hydrogens is 366 g/mol. The minimum absolute atomic E-state index is 0.157. The molecule has 0 saturated heterocycles. The Morgan fingerprint density at radius 1 is 1.26 bits per heavy atom. The van der Waals surface area contributed by atoms with Gasteiger partial charge in [-0.1, -0.05) is 17.7 Å². The maximum atomic E-state index is 12.5. The molecule has 0 spiro atoms. The second kappa shape index (κ2) is 8.30. The van der Waals surface area contributed by atoms with Gasteiger partial charge in [-0.2, -0.15) is 5.26 Å². The first kappa shape index (κ1) is 19.0. The standard InChI is InChI=1S/C20H20ClN3O3/c1-13(20(25)23-16-5-4-15(11-22)17(21)10-16)24(2)12-14-3-6-18-19(9-14)27-8-7-26-18/h3-6,9-10,13H,7-8,12H2,1-2H3,(H,23,25)/t13-/m0/s1. The van der Waals surface area contributed by atoms with Crippen LogP contribution in [0.4, 0.5) is 5.69 Å². The molecule has 2 aromatic carbocycles. The minimum Gasteiger partial charge on any atom is -0.486 e. The highest BCUT2D eigenvalue weighted by atomic mass is 35.5. The third-order valence-electron chi connectivity index (χ3n) is 4.44. The third kappa shape index (κ3) is 4.51. The van der Waals surface area contributed by atoms with Gasteiger partial charge in [0, 0.05) is 12.2 Å². The molecule has 0 radical (unpaired) electrons. The lowest BCUT2D eigenvalue weighted by Gasteiger charge is -2.25. The van der Waals surface area contributed by atoms with Crippen molar-refractivity contribution in [3.63, 3.8) is 0 Å². The van der Waals surface area contributed by atoms with E-state index in [2.05, 4.69) is 5.32 Å². The Kier molecular flexibility index (Phi) is 5.84. The van der Waals surface area contributed by atoms with Crippen LogP contribution in [0.1, 0.15) is 18.1 Å². The molecule has 1 aliphatic rings. The van der Waals surface area contributed by atoms with E-state index in [1.165, 1.54) is 0 Å². The van der Waals surface area contributed by atoms with Gasteiger partial charge in [-0.3, -0.25) is 9.69 Å². The first-order chi connectivity index (χ1) is 13.0. The normalized spacial score (nSPS) is 13.7. The van der Waals surface area contributed by atoms with Gasteiger partial charge in [-0.25, -0.2) is 0 Å². The molecule has 1 N–H and O–H groups in total. The molecule has 1 aliphatic heterocycles. The molecule has 140 valence electrons. The van der Waals surface area contributed by atoms with E-state index < -0.39 is 0 Å². The number of fused-ring (bicyclic) bond motifs is 1. The monoisotopic (exact) mass is 385 g/mol. The zero-order valence-electron chi connectivity index (χ0n) is 15.2. The fraction of sp³-hybridized carbons (Fsp3) is 0.300. The number of nitrogens with one attached hydrogen (secondary N) is 1. The van der Waals surface area contributed by atoms with Crippen molar-refractivity contribution < 1.29 is 14.3 Å². The maximum absolute atomic E-state index is 12.5. The molecule has 0 unspecified atom stereocenters. The number of benzene rings is 2. The average Bonchev–Trinajstić information content (AvgIpc) is 2.67. The van der Waals surface area contributed by atoms with Gasteiger partial charge in [0.1, 0.15) is 19.3 Å². The van der Waals surface area contributed by atoms with E-state index in [9.17, 15) is 4.79 Å². The molecule has 0 bridgehead atoms. The predicted molar refractivity (Wildman–Crippen MR) is 103 cm³/mol. The lowest BCUT2D eigenvalue weighted by molar-refractivity contribution is -0.120. The predicted octanol–water partition coefficient (Wildman–Crippen LogP) is 3.44. The quantitative estimate of drug-likeness (QED) is 0.853. The highest BCUT2D eigenvalue weighted by Gasteiger charge is 2.20. The zero-order chi connectivity index (χ0) is 19.4. The van der Waals surface area contributed by atoms with Gasteiger partial charge in [-0.15, -0.1) is 0 Å². The maximum Gasteiger partial charge on any atom is 0.241 e. The molecule has 3 rings (SSSR count). The van der Waals surface area contributed by atoms with Crippen LogP contribution in [0.15, 0.2) is 36.4 Å². The van der Waals surface area contributed by atoms with Crippen molar-refractivity contribution in [3.8, 4) is 17.6 Å². The molecule has 0 aliphatic carbocycles. The smallest absolute Gasteiger partial charge is 0.241 e. The summed E-state index contributed by atoms with van der Waals surface area (Å²) in [5.41, 5.74) is 1.96. The van der Waals surface area contributed by atoms with E-state index in [1.807, 2.05) is 43.1 Å². The summed E-state index contributed by atoms with van der Waals surface area (Å²) in [7, 11) is 1.88. The average molecular weight is 386 g/mol. The molecule has 7 heteroatoms. The highest BCUT2D eigenvalue weighted by molar-refractivity contribution is 6.32. The number of amides is 1. The van der Waals surface area contributed by atoms with E-state index in [0.717, 1.165) is 17.1 Å². The summed E-state index contributed by atoms with van der Waals surface area (Å²) in [6.45, 7) is 3.51. The Morgan fingerprint density at radius 3 is 2.70 bits per heavy atom. The van der Waals surface area contributed by atoms with E-state index in [1.54, 1.807) is 18.2 Å². The first-order valence-electron chi connectivity index (χ1n) is 8.57. The van der Waals surface area contributed by atoms with Crippen molar-refractivity contribution in [3.05, 3.63) is 52.5 Å². The zero-order valence-corrected chi connectivity index (χ0v) is 15.9. The number of likely N-dealkylation sites (N-methyl/N-ethyl adjacent to an activating group) is 1. The fourth-order valence-corrected chi connectivity index (χ4v) is 2.96. The second-order valence-corrected chi connectivity index (χ2v) is 6.77. The molecule has 27 heavy (non-hydrogen) atoms. The van der Waals surface area contributed by atoms with Crippen LogP contribution < -0.4 is 14.8 Å². The summed E-state index contributed by atoms with van der Waals surface area (Å²) in [6, 6.07) is 12.2. The molecule has 1 heterocycles. The largest absolute Gasteiger partial charge is 0.486 e. The van der Waals surface area contributed by atoms with Crippen LogP contribution in [-0.4, -0.2) is 37.1 Å². The van der Waals surface area contributed by atoms with Crippen molar-refractivity contribution in [1.29, 1.82) is 5.26 Å². The molecule has 0 saturated carbocycles. The van der Waals surface area contributed by atoms with Crippen LogP contribution in [0.5, 0.6) is 11.5 Å². The number of anilines is 1. The number of ether oxygens (including phenoxy) is 2. The van der Waals surface area contributed by atoms with Crippen LogP contribution >= 0.6 is 11.6 Å². The Hall–Kier alpha value is -2.75. The Morgan fingerprint density at radius 2 is 2.00 bits per heavy atom. The molecule has 2 aromatic rings. The van der Waals surface area contributed by atoms with Crippen molar-refractivity contribution in [2.24, 2.45) is 0 Å². The lowest BCUT2D eigenvalue weighted by Crippen LogP contribution is -2.39. The number of carbonyl (C=O) groups is 1. The Bertz CT molecular complexity index is 895. The van der Waals surface area contributed by atoms with Gasteiger partial charge in [-0.05, 0) is 49.9 Å². The Labute approximate surface area is 163 Å². The van der Waals surface area contributed by atoms with Crippen molar-refractivity contribution >= 4 is 23.2 Å². The van der Waals surface area contributed by atoms with Crippen molar-refractivity contribution in [2.45, 2.75) is 19.5 Å². The van der Waals surface area contributed by atoms with Gasteiger partial charge in [0.25, 0.3) is 0 Å². The number of nitriles is 1. The van der Waals surface area contributed by atoms with Gasteiger partial charge in [0.2, 0.25) is 5.91 Å². The van der Waals surface area contributed by atoms with Gasteiger partial charge in [0.15, 0.2) is 11.5 Å². The van der Waals surface area contributed by atoms with Crippen molar-refractivity contribution in [1.82, 2.24) is 4.90 Å². The molecule has 0 aromatic heterocycles. The van der Waals surface area contributed by atoms with Crippen LogP contribution in [0.2, 0.25) is 5.02 Å². The summed E-state index contributed by atoms with van der Waals surface area (Å²) in [5.74, 6) is 1.32. The molecular formula is C20H20ClN3O3. The molecule has 0 fully saturated rings. The van der Waals surface area contributed by atoms with Crippen molar-refractivity contribution in [2.75, 3.05) is 25.6 Å². The van der Waals surface area contributed by atoms with Gasteiger partial charge >= 0.3 is 0 Å². The van der Waals surface area contributed by atoms with E-state index in [4.69, 9.17) is 26.3 Å². The number of halogens is 1. The Balaban J connectivity index is 1.62. The third-order valence-corrected chi connectivity index (χ3v) is 4.75. The number of rotatable bonds is 5. The van der Waals surface area contributed by atoms with Crippen LogP contribution in [-0.2, 0) is 11.3 Å².